The number of carbonyl (C=O) groups is 1. The van der Waals surface area contributed by atoms with Crippen molar-refractivity contribution >= 4 is 23.3 Å². The van der Waals surface area contributed by atoms with E-state index in [-0.39, 0.29) is 6.03 Å². The van der Waals surface area contributed by atoms with Crippen molar-refractivity contribution in [2.75, 3.05) is 11.9 Å². The van der Waals surface area contributed by atoms with Crippen LogP contribution in [0.3, 0.4) is 0 Å². The second-order valence-electron chi connectivity index (χ2n) is 3.92. The standard InChI is InChI=1S/C14H11ClN3O/c1-17(13-4-2-12(15)3-5-13)14(19)18-8-6-11(10-16)7-9-18/h2-9H,1H3/q+1. The van der Waals surface area contributed by atoms with E-state index in [1.54, 1.807) is 55.8 Å². The van der Waals surface area contributed by atoms with Gasteiger partial charge in [-0.05, 0) is 36.4 Å². The van der Waals surface area contributed by atoms with Crippen LogP contribution in [-0.4, -0.2) is 13.1 Å². The van der Waals surface area contributed by atoms with Crippen LogP contribution >= 0.6 is 11.6 Å². The Hall–Kier alpha value is -2.38. The van der Waals surface area contributed by atoms with Crippen LogP contribution in [0.2, 0.25) is 5.02 Å². The molecule has 0 aliphatic carbocycles. The Bertz CT molecular complexity index is 629. The molecule has 0 N–H and O–H groups in total. The van der Waals surface area contributed by atoms with E-state index in [1.165, 1.54) is 9.47 Å². The third-order valence-corrected chi connectivity index (χ3v) is 2.93. The number of pyridine rings is 1. The first-order valence-electron chi connectivity index (χ1n) is 5.57. The van der Waals surface area contributed by atoms with Crippen molar-refractivity contribution in [3.63, 3.8) is 0 Å². The van der Waals surface area contributed by atoms with Gasteiger partial charge in [-0.25, -0.2) is 0 Å². The molecule has 94 valence electrons. The van der Waals surface area contributed by atoms with Crippen molar-refractivity contribution in [3.8, 4) is 6.07 Å². The van der Waals surface area contributed by atoms with Crippen LogP contribution in [0.4, 0.5) is 10.5 Å². The molecule has 0 radical (unpaired) electrons. The number of benzene rings is 1. The first kappa shape index (κ1) is 13.1. The van der Waals surface area contributed by atoms with E-state index in [9.17, 15) is 4.79 Å². The van der Waals surface area contributed by atoms with Crippen molar-refractivity contribution in [2.45, 2.75) is 0 Å². The Morgan fingerprint density at radius 2 is 1.79 bits per heavy atom. The zero-order valence-electron chi connectivity index (χ0n) is 10.2. The molecule has 1 amide bonds. The minimum absolute atomic E-state index is 0.216. The van der Waals surface area contributed by atoms with Crippen LogP contribution in [0.5, 0.6) is 0 Å². The lowest BCUT2D eigenvalue weighted by atomic mass is 10.3. The summed E-state index contributed by atoms with van der Waals surface area (Å²) in [7, 11) is 1.68. The Morgan fingerprint density at radius 3 is 2.32 bits per heavy atom. The van der Waals surface area contributed by atoms with Gasteiger partial charge in [0.1, 0.15) is 18.1 Å². The highest BCUT2D eigenvalue weighted by Gasteiger charge is 2.21. The van der Waals surface area contributed by atoms with Gasteiger partial charge in [-0.3, -0.25) is 0 Å². The molecule has 0 bridgehead atoms. The summed E-state index contributed by atoms with van der Waals surface area (Å²) >= 11 is 5.81. The molecule has 0 saturated heterocycles. The van der Waals surface area contributed by atoms with E-state index in [2.05, 4.69) is 0 Å². The minimum atomic E-state index is -0.216. The lowest BCUT2D eigenvalue weighted by Gasteiger charge is -2.09. The number of nitrogens with zero attached hydrogens (tertiary/aromatic N) is 3. The van der Waals surface area contributed by atoms with E-state index < -0.39 is 0 Å². The van der Waals surface area contributed by atoms with Gasteiger partial charge in [0.2, 0.25) is 0 Å². The van der Waals surface area contributed by atoms with Gasteiger partial charge in [-0.15, -0.1) is 0 Å². The number of carbonyl (C=O) groups excluding carboxylic acids is 1. The number of amides is 1. The van der Waals surface area contributed by atoms with E-state index in [0.717, 1.165) is 5.69 Å². The summed E-state index contributed by atoms with van der Waals surface area (Å²) in [6.07, 6.45) is 3.13. The van der Waals surface area contributed by atoms with Crippen LogP contribution in [0, 0.1) is 11.3 Å². The van der Waals surface area contributed by atoms with Crippen molar-refractivity contribution in [2.24, 2.45) is 0 Å². The lowest BCUT2D eigenvalue weighted by Crippen LogP contribution is -2.50. The lowest BCUT2D eigenvalue weighted by molar-refractivity contribution is -0.569. The summed E-state index contributed by atoms with van der Waals surface area (Å²) in [5, 5.41) is 9.33. The molecule has 0 unspecified atom stereocenters. The molecule has 19 heavy (non-hydrogen) atoms. The fraction of sp³-hybridized carbons (Fsp3) is 0.0714. The molecule has 5 heteroatoms. The van der Waals surface area contributed by atoms with Gasteiger partial charge in [0, 0.05) is 5.02 Å². The highest BCUT2D eigenvalue weighted by molar-refractivity contribution is 6.30. The summed E-state index contributed by atoms with van der Waals surface area (Å²) in [5.41, 5.74) is 1.25. The minimum Gasteiger partial charge on any atom is -0.196 e. The average molecular weight is 273 g/mol. The van der Waals surface area contributed by atoms with Gasteiger partial charge >= 0.3 is 6.03 Å². The molecule has 2 aromatic rings. The zero-order valence-corrected chi connectivity index (χ0v) is 11.0. The number of hydrogen-bond donors (Lipinski definition) is 0. The first-order valence-corrected chi connectivity index (χ1v) is 5.94. The molecule has 2 rings (SSSR count). The Labute approximate surface area is 116 Å². The summed E-state index contributed by atoms with van der Waals surface area (Å²) in [5.74, 6) is 0. The van der Waals surface area contributed by atoms with Gasteiger partial charge in [-0.1, -0.05) is 11.6 Å². The summed E-state index contributed by atoms with van der Waals surface area (Å²) < 4.78 is 1.41. The molecule has 4 nitrogen and oxygen atoms in total. The highest BCUT2D eigenvalue weighted by Crippen LogP contribution is 2.16. The normalized spacial score (nSPS) is 9.74. The SMILES string of the molecule is CN(C(=O)[n+]1ccc(C#N)cc1)c1ccc(Cl)cc1. The second-order valence-corrected chi connectivity index (χ2v) is 4.36. The third-order valence-electron chi connectivity index (χ3n) is 2.68. The predicted molar refractivity (Wildman–Crippen MR) is 72.0 cm³/mol. The number of anilines is 1. The molecule has 0 saturated carbocycles. The Balaban J connectivity index is 2.23. The quantitative estimate of drug-likeness (QED) is 0.749. The molecule has 0 spiro atoms. The van der Waals surface area contributed by atoms with Gasteiger partial charge in [-0.2, -0.15) is 19.5 Å². The van der Waals surface area contributed by atoms with Crippen molar-refractivity contribution in [3.05, 3.63) is 59.4 Å². The van der Waals surface area contributed by atoms with E-state index in [1.807, 2.05) is 6.07 Å². The maximum atomic E-state index is 12.2. The van der Waals surface area contributed by atoms with Crippen LogP contribution in [0.1, 0.15) is 5.56 Å². The molecule has 0 fully saturated rings. The highest BCUT2D eigenvalue weighted by atomic mass is 35.5. The van der Waals surface area contributed by atoms with Gasteiger partial charge in [0.25, 0.3) is 0 Å². The summed E-state index contributed by atoms with van der Waals surface area (Å²) in [6.45, 7) is 0. The van der Waals surface area contributed by atoms with Gasteiger partial charge in [0.05, 0.1) is 18.7 Å². The number of aromatic nitrogens is 1. The van der Waals surface area contributed by atoms with Crippen LogP contribution in [0.25, 0.3) is 0 Å². The Kier molecular flexibility index (Phi) is 3.79. The van der Waals surface area contributed by atoms with E-state index in [4.69, 9.17) is 16.9 Å². The number of rotatable bonds is 1. The molecule has 0 aliphatic heterocycles. The fourth-order valence-corrected chi connectivity index (χ4v) is 1.70. The third kappa shape index (κ3) is 2.90. The van der Waals surface area contributed by atoms with Crippen molar-refractivity contribution in [1.82, 2.24) is 0 Å². The summed E-state index contributed by atoms with van der Waals surface area (Å²) in [6, 6.07) is 12.0. The predicted octanol–water partition coefficient (Wildman–Crippen LogP) is 2.60. The number of nitriles is 1. The average Bonchev–Trinajstić information content (AvgIpc) is 2.46. The van der Waals surface area contributed by atoms with E-state index in [0.29, 0.717) is 10.6 Å². The fourth-order valence-electron chi connectivity index (χ4n) is 1.58. The number of hydrogen-bond acceptors (Lipinski definition) is 2. The molecule has 0 aliphatic rings. The van der Waals surface area contributed by atoms with Gasteiger partial charge < -0.3 is 0 Å². The molecular formula is C14H11ClN3O+. The largest absolute Gasteiger partial charge is 0.502 e. The zero-order chi connectivity index (χ0) is 13.8. The molecular weight excluding hydrogens is 262 g/mol. The van der Waals surface area contributed by atoms with Crippen molar-refractivity contribution in [1.29, 1.82) is 5.26 Å². The Morgan fingerprint density at radius 1 is 1.21 bits per heavy atom. The summed E-state index contributed by atoms with van der Waals surface area (Å²) in [4.78, 5) is 13.7. The maximum Gasteiger partial charge on any atom is 0.502 e. The molecule has 1 heterocycles. The molecule has 1 aromatic carbocycles. The van der Waals surface area contributed by atoms with Crippen molar-refractivity contribution < 1.29 is 9.36 Å². The topological polar surface area (TPSA) is 48.0 Å². The van der Waals surface area contributed by atoms with Crippen LogP contribution in [0.15, 0.2) is 48.8 Å². The maximum absolute atomic E-state index is 12.2. The van der Waals surface area contributed by atoms with Gasteiger partial charge in [0.15, 0.2) is 0 Å². The van der Waals surface area contributed by atoms with E-state index >= 15 is 0 Å². The van der Waals surface area contributed by atoms with Crippen LogP contribution < -0.4 is 9.47 Å². The second kappa shape index (κ2) is 5.51. The first-order chi connectivity index (χ1) is 9.11. The molecule has 0 atom stereocenters. The number of halogens is 1. The molecule has 1 aromatic heterocycles. The monoisotopic (exact) mass is 272 g/mol. The van der Waals surface area contributed by atoms with Crippen LogP contribution in [-0.2, 0) is 0 Å². The smallest absolute Gasteiger partial charge is 0.196 e.